The van der Waals surface area contributed by atoms with Crippen molar-refractivity contribution in [2.75, 3.05) is 26.2 Å². The van der Waals surface area contributed by atoms with Gasteiger partial charge in [0.05, 0.1) is 0 Å². The summed E-state index contributed by atoms with van der Waals surface area (Å²) in [6, 6.07) is 6.34. The SMILES string of the molecule is CCCN(CC1CC1)C(=O)Cn1c(C2CCCNC2)cc2cccnc21. The Bertz CT molecular complexity index is 758. The van der Waals surface area contributed by atoms with Gasteiger partial charge in [-0.25, -0.2) is 4.98 Å². The van der Waals surface area contributed by atoms with E-state index in [2.05, 4.69) is 38.8 Å². The number of nitrogens with one attached hydrogen (secondary N) is 1. The Balaban J connectivity index is 1.61. The Kier molecular flexibility index (Phi) is 5.25. The van der Waals surface area contributed by atoms with Crippen LogP contribution in [0.3, 0.4) is 0 Å². The minimum Gasteiger partial charge on any atom is -0.341 e. The molecule has 0 bridgehead atoms. The smallest absolute Gasteiger partial charge is 0.242 e. The average molecular weight is 354 g/mol. The lowest BCUT2D eigenvalue weighted by molar-refractivity contribution is -0.132. The third kappa shape index (κ3) is 3.78. The molecule has 4 rings (SSSR count). The van der Waals surface area contributed by atoms with Gasteiger partial charge in [0.25, 0.3) is 0 Å². The highest BCUT2D eigenvalue weighted by atomic mass is 16.2. The first-order chi connectivity index (χ1) is 12.8. The van der Waals surface area contributed by atoms with Crippen LogP contribution in [0.5, 0.6) is 0 Å². The maximum atomic E-state index is 13.1. The van der Waals surface area contributed by atoms with E-state index in [0.717, 1.165) is 49.6 Å². The van der Waals surface area contributed by atoms with E-state index in [9.17, 15) is 4.79 Å². The summed E-state index contributed by atoms with van der Waals surface area (Å²) in [4.78, 5) is 19.8. The van der Waals surface area contributed by atoms with E-state index in [4.69, 9.17) is 0 Å². The van der Waals surface area contributed by atoms with Crippen LogP contribution in [0.4, 0.5) is 0 Å². The molecule has 1 atom stereocenters. The highest BCUT2D eigenvalue weighted by molar-refractivity contribution is 5.82. The first-order valence-corrected chi connectivity index (χ1v) is 10.2. The van der Waals surface area contributed by atoms with E-state index in [1.165, 1.54) is 31.4 Å². The molecule has 2 aliphatic rings. The van der Waals surface area contributed by atoms with E-state index in [0.29, 0.717) is 12.5 Å². The van der Waals surface area contributed by atoms with Crippen molar-refractivity contribution in [2.45, 2.75) is 51.5 Å². The topological polar surface area (TPSA) is 50.2 Å². The van der Waals surface area contributed by atoms with E-state index in [1.807, 2.05) is 12.3 Å². The minimum absolute atomic E-state index is 0.243. The van der Waals surface area contributed by atoms with Crippen LogP contribution in [0, 0.1) is 5.92 Å². The molecule has 1 unspecified atom stereocenters. The summed E-state index contributed by atoms with van der Waals surface area (Å²) >= 11 is 0. The van der Waals surface area contributed by atoms with Crippen LogP contribution in [-0.2, 0) is 11.3 Å². The molecule has 2 aromatic rings. The fourth-order valence-corrected chi connectivity index (χ4v) is 4.15. The summed E-state index contributed by atoms with van der Waals surface area (Å²) in [5.74, 6) is 1.44. The van der Waals surface area contributed by atoms with Gasteiger partial charge in [-0.3, -0.25) is 4.79 Å². The van der Waals surface area contributed by atoms with Crippen molar-refractivity contribution in [1.82, 2.24) is 19.8 Å². The molecule has 1 saturated heterocycles. The molecule has 2 fully saturated rings. The molecule has 1 saturated carbocycles. The predicted molar refractivity (Wildman–Crippen MR) is 104 cm³/mol. The highest BCUT2D eigenvalue weighted by Gasteiger charge is 2.28. The molecule has 5 nitrogen and oxygen atoms in total. The maximum absolute atomic E-state index is 13.1. The van der Waals surface area contributed by atoms with E-state index >= 15 is 0 Å². The number of rotatable bonds is 7. The van der Waals surface area contributed by atoms with Crippen molar-refractivity contribution in [3.05, 3.63) is 30.1 Å². The first-order valence-electron chi connectivity index (χ1n) is 10.2. The Labute approximate surface area is 155 Å². The molecule has 2 aromatic heterocycles. The summed E-state index contributed by atoms with van der Waals surface area (Å²) in [5, 5.41) is 4.65. The number of pyridine rings is 1. The monoisotopic (exact) mass is 354 g/mol. The quantitative estimate of drug-likeness (QED) is 0.831. The lowest BCUT2D eigenvalue weighted by Gasteiger charge is -2.26. The zero-order chi connectivity index (χ0) is 17.9. The van der Waals surface area contributed by atoms with Gasteiger partial charge >= 0.3 is 0 Å². The number of hydrogen-bond donors (Lipinski definition) is 1. The molecular formula is C21H30N4O. The summed E-state index contributed by atoms with van der Waals surface area (Å²) in [7, 11) is 0. The molecule has 1 aliphatic carbocycles. The number of carbonyl (C=O) groups excluding carboxylic acids is 1. The van der Waals surface area contributed by atoms with Crippen LogP contribution in [0.1, 0.15) is 50.6 Å². The van der Waals surface area contributed by atoms with Gasteiger partial charge in [0.2, 0.25) is 5.91 Å². The summed E-state index contributed by atoms with van der Waals surface area (Å²) < 4.78 is 2.19. The van der Waals surface area contributed by atoms with Crippen molar-refractivity contribution < 1.29 is 4.79 Å². The number of nitrogens with zero attached hydrogens (tertiary/aromatic N) is 3. The number of fused-ring (bicyclic) bond motifs is 1. The van der Waals surface area contributed by atoms with Crippen LogP contribution in [0.25, 0.3) is 11.0 Å². The second-order valence-corrected chi connectivity index (χ2v) is 7.90. The molecule has 1 N–H and O–H groups in total. The number of piperidine rings is 1. The molecule has 0 aromatic carbocycles. The average Bonchev–Trinajstić information content (AvgIpc) is 3.42. The van der Waals surface area contributed by atoms with Gasteiger partial charge in [-0.1, -0.05) is 6.92 Å². The Morgan fingerprint density at radius 1 is 1.38 bits per heavy atom. The fraction of sp³-hybridized carbons (Fsp3) is 0.619. The number of aromatic nitrogens is 2. The minimum atomic E-state index is 0.243. The van der Waals surface area contributed by atoms with Crippen molar-refractivity contribution in [3.63, 3.8) is 0 Å². The van der Waals surface area contributed by atoms with Gasteiger partial charge < -0.3 is 14.8 Å². The molecule has 5 heteroatoms. The first kappa shape index (κ1) is 17.5. The summed E-state index contributed by atoms with van der Waals surface area (Å²) in [6.07, 6.45) is 7.78. The molecular weight excluding hydrogens is 324 g/mol. The Hall–Kier alpha value is -1.88. The standard InChI is InChI=1S/C21H30N4O/c1-2-11-24(14-16-7-8-16)20(26)15-25-19(18-6-3-9-22-13-18)12-17-5-4-10-23-21(17)25/h4-5,10,12,16,18,22H,2-3,6-9,11,13-15H2,1H3. The van der Waals surface area contributed by atoms with Crippen molar-refractivity contribution >= 4 is 16.9 Å². The zero-order valence-corrected chi connectivity index (χ0v) is 15.8. The van der Waals surface area contributed by atoms with E-state index in [1.54, 1.807) is 0 Å². The second kappa shape index (κ2) is 7.78. The van der Waals surface area contributed by atoms with Gasteiger partial charge in [0.1, 0.15) is 12.2 Å². The van der Waals surface area contributed by atoms with Crippen molar-refractivity contribution in [3.8, 4) is 0 Å². The predicted octanol–water partition coefficient (Wildman–Crippen LogP) is 3.15. The third-order valence-electron chi connectivity index (χ3n) is 5.72. The number of hydrogen-bond acceptors (Lipinski definition) is 3. The molecule has 0 radical (unpaired) electrons. The summed E-state index contributed by atoms with van der Waals surface area (Å²) in [6.45, 7) is 6.45. The Morgan fingerprint density at radius 3 is 3.00 bits per heavy atom. The molecule has 26 heavy (non-hydrogen) atoms. The number of carbonyl (C=O) groups is 1. The van der Waals surface area contributed by atoms with Gasteiger partial charge in [0.15, 0.2) is 0 Å². The maximum Gasteiger partial charge on any atom is 0.242 e. The van der Waals surface area contributed by atoms with Crippen LogP contribution >= 0.6 is 0 Å². The molecule has 140 valence electrons. The molecule has 1 amide bonds. The number of amides is 1. The molecule has 3 heterocycles. The largest absolute Gasteiger partial charge is 0.341 e. The lowest BCUT2D eigenvalue weighted by Crippen LogP contribution is -2.37. The molecule has 1 aliphatic heterocycles. The van der Waals surface area contributed by atoms with Gasteiger partial charge in [0, 0.05) is 42.8 Å². The van der Waals surface area contributed by atoms with Crippen LogP contribution in [0.15, 0.2) is 24.4 Å². The van der Waals surface area contributed by atoms with Crippen LogP contribution < -0.4 is 5.32 Å². The molecule has 0 spiro atoms. The second-order valence-electron chi connectivity index (χ2n) is 7.90. The van der Waals surface area contributed by atoms with Crippen molar-refractivity contribution in [2.24, 2.45) is 5.92 Å². The van der Waals surface area contributed by atoms with Gasteiger partial charge in [-0.15, -0.1) is 0 Å². The zero-order valence-electron chi connectivity index (χ0n) is 15.8. The van der Waals surface area contributed by atoms with Gasteiger partial charge in [-0.05, 0) is 62.8 Å². The lowest BCUT2D eigenvalue weighted by atomic mass is 9.96. The van der Waals surface area contributed by atoms with Crippen LogP contribution in [0.2, 0.25) is 0 Å². The summed E-state index contributed by atoms with van der Waals surface area (Å²) in [5.41, 5.74) is 2.21. The fourth-order valence-electron chi connectivity index (χ4n) is 4.15. The van der Waals surface area contributed by atoms with Crippen LogP contribution in [-0.4, -0.2) is 46.5 Å². The van der Waals surface area contributed by atoms with E-state index < -0.39 is 0 Å². The van der Waals surface area contributed by atoms with Crippen molar-refractivity contribution in [1.29, 1.82) is 0 Å². The normalized spacial score (nSPS) is 20.4. The van der Waals surface area contributed by atoms with E-state index in [-0.39, 0.29) is 5.91 Å². The Morgan fingerprint density at radius 2 is 2.27 bits per heavy atom. The van der Waals surface area contributed by atoms with Gasteiger partial charge in [-0.2, -0.15) is 0 Å². The highest BCUT2D eigenvalue weighted by Crippen LogP contribution is 2.31. The third-order valence-corrected chi connectivity index (χ3v) is 5.72.